The minimum absolute atomic E-state index is 0. The van der Waals surface area contributed by atoms with E-state index >= 15 is 0 Å². The predicted molar refractivity (Wildman–Crippen MR) is 80.9 cm³/mol. The van der Waals surface area contributed by atoms with Gasteiger partial charge in [-0.25, -0.2) is 0 Å². The lowest BCUT2D eigenvalue weighted by Gasteiger charge is -2.29. The molecule has 108 valence electrons. The Labute approximate surface area is 129 Å². The summed E-state index contributed by atoms with van der Waals surface area (Å²) in [5.74, 6) is 1.04. The highest BCUT2D eigenvalue weighted by molar-refractivity contribution is 6.33. The Bertz CT molecular complexity index is 579. The van der Waals surface area contributed by atoms with Gasteiger partial charge in [0.05, 0.1) is 10.6 Å². The number of aromatic nitrogens is 2. The SMILES string of the molecule is Cl.NC1(c2nc(-c3ccccc3Cl)no2)CCCCC1. The van der Waals surface area contributed by atoms with Crippen molar-refractivity contribution in [2.75, 3.05) is 0 Å². The maximum Gasteiger partial charge on any atom is 0.247 e. The van der Waals surface area contributed by atoms with Crippen LogP contribution in [-0.4, -0.2) is 10.1 Å². The molecule has 1 aromatic carbocycles. The monoisotopic (exact) mass is 313 g/mol. The maximum atomic E-state index is 6.38. The van der Waals surface area contributed by atoms with Crippen LogP contribution in [-0.2, 0) is 5.54 Å². The van der Waals surface area contributed by atoms with Crippen molar-refractivity contribution in [3.63, 3.8) is 0 Å². The van der Waals surface area contributed by atoms with Crippen molar-refractivity contribution in [1.29, 1.82) is 0 Å². The summed E-state index contributed by atoms with van der Waals surface area (Å²) in [6, 6.07) is 7.46. The van der Waals surface area contributed by atoms with Crippen molar-refractivity contribution in [3.05, 3.63) is 35.2 Å². The van der Waals surface area contributed by atoms with E-state index < -0.39 is 5.54 Å². The quantitative estimate of drug-likeness (QED) is 0.912. The molecule has 1 aliphatic carbocycles. The molecular formula is C14H17Cl2N3O. The van der Waals surface area contributed by atoms with Gasteiger partial charge in [-0.1, -0.05) is 48.2 Å². The van der Waals surface area contributed by atoms with Crippen LogP contribution < -0.4 is 5.73 Å². The zero-order valence-electron chi connectivity index (χ0n) is 11.0. The Hall–Kier alpha value is -1.10. The first-order valence-electron chi connectivity index (χ1n) is 6.57. The van der Waals surface area contributed by atoms with E-state index in [1.54, 1.807) is 0 Å². The fourth-order valence-electron chi connectivity index (χ4n) is 2.57. The molecule has 1 aliphatic rings. The zero-order valence-corrected chi connectivity index (χ0v) is 12.6. The van der Waals surface area contributed by atoms with Gasteiger partial charge in [-0.2, -0.15) is 4.98 Å². The van der Waals surface area contributed by atoms with Crippen LogP contribution in [0.5, 0.6) is 0 Å². The van der Waals surface area contributed by atoms with E-state index in [2.05, 4.69) is 10.1 Å². The lowest BCUT2D eigenvalue weighted by molar-refractivity contribution is 0.220. The molecule has 20 heavy (non-hydrogen) atoms. The largest absolute Gasteiger partial charge is 0.337 e. The van der Waals surface area contributed by atoms with Gasteiger partial charge >= 0.3 is 0 Å². The molecule has 2 N–H and O–H groups in total. The third-order valence-electron chi connectivity index (χ3n) is 3.71. The van der Waals surface area contributed by atoms with Crippen LogP contribution >= 0.6 is 24.0 Å². The van der Waals surface area contributed by atoms with E-state index in [0.717, 1.165) is 31.2 Å². The van der Waals surface area contributed by atoms with Crippen LogP contribution in [0.15, 0.2) is 28.8 Å². The molecule has 0 spiro atoms. The average Bonchev–Trinajstić information content (AvgIpc) is 2.90. The summed E-state index contributed by atoms with van der Waals surface area (Å²) >= 11 is 6.14. The molecule has 1 fully saturated rings. The molecular weight excluding hydrogens is 297 g/mol. The third-order valence-corrected chi connectivity index (χ3v) is 4.04. The number of nitrogens with zero attached hydrogens (tertiary/aromatic N) is 2. The molecule has 0 amide bonds. The molecule has 4 nitrogen and oxygen atoms in total. The summed E-state index contributed by atoms with van der Waals surface area (Å²) in [6.07, 6.45) is 5.25. The van der Waals surface area contributed by atoms with Crippen molar-refractivity contribution in [3.8, 4) is 11.4 Å². The van der Waals surface area contributed by atoms with Crippen molar-refractivity contribution < 1.29 is 4.52 Å². The summed E-state index contributed by atoms with van der Waals surface area (Å²) in [6.45, 7) is 0. The molecule has 0 aliphatic heterocycles. The first-order chi connectivity index (χ1) is 9.19. The summed E-state index contributed by atoms with van der Waals surface area (Å²) in [5.41, 5.74) is 6.69. The molecule has 1 aromatic heterocycles. The second kappa shape index (κ2) is 6.12. The number of hydrogen-bond acceptors (Lipinski definition) is 4. The first kappa shape index (κ1) is 15.3. The molecule has 2 aromatic rings. The summed E-state index contributed by atoms with van der Waals surface area (Å²) < 4.78 is 5.37. The van der Waals surface area contributed by atoms with E-state index in [1.165, 1.54) is 6.42 Å². The van der Waals surface area contributed by atoms with Crippen molar-refractivity contribution in [2.24, 2.45) is 5.73 Å². The Kier molecular flexibility index (Phi) is 4.68. The lowest BCUT2D eigenvalue weighted by Crippen LogP contribution is -2.38. The van der Waals surface area contributed by atoms with Crippen LogP contribution in [0, 0.1) is 0 Å². The smallest absolute Gasteiger partial charge is 0.247 e. The van der Waals surface area contributed by atoms with Gasteiger partial charge in [0, 0.05) is 5.56 Å². The van der Waals surface area contributed by atoms with Gasteiger partial charge in [-0.15, -0.1) is 12.4 Å². The normalized spacial score (nSPS) is 17.5. The third kappa shape index (κ3) is 2.82. The highest BCUT2D eigenvalue weighted by Gasteiger charge is 2.35. The van der Waals surface area contributed by atoms with Crippen molar-refractivity contribution in [2.45, 2.75) is 37.6 Å². The fraction of sp³-hybridized carbons (Fsp3) is 0.429. The van der Waals surface area contributed by atoms with Gasteiger partial charge in [0.1, 0.15) is 0 Å². The van der Waals surface area contributed by atoms with E-state index in [1.807, 2.05) is 24.3 Å². The average molecular weight is 314 g/mol. The van der Waals surface area contributed by atoms with Gasteiger partial charge in [-0.3, -0.25) is 0 Å². The Morgan fingerprint density at radius 3 is 2.55 bits per heavy atom. The fourth-order valence-corrected chi connectivity index (χ4v) is 2.79. The van der Waals surface area contributed by atoms with Gasteiger partial charge in [0.25, 0.3) is 0 Å². The van der Waals surface area contributed by atoms with Crippen LogP contribution in [0.2, 0.25) is 5.02 Å². The van der Waals surface area contributed by atoms with Crippen LogP contribution in [0.3, 0.4) is 0 Å². The molecule has 0 radical (unpaired) electrons. The number of rotatable bonds is 2. The van der Waals surface area contributed by atoms with Gasteiger partial charge in [0.15, 0.2) is 0 Å². The van der Waals surface area contributed by atoms with E-state index in [0.29, 0.717) is 16.7 Å². The molecule has 0 atom stereocenters. The minimum Gasteiger partial charge on any atom is -0.337 e. The maximum absolute atomic E-state index is 6.38. The highest BCUT2D eigenvalue weighted by atomic mass is 35.5. The molecule has 0 unspecified atom stereocenters. The number of hydrogen-bond donors (Lipinski definition) is 1. The van der Waals surface area contributed by atoms with Crippen molar-refractivity contribution in [1.82, 2.24) is 10.1 Å². The minimum atomic E-state index is -0.468. The van der Waals surface area contributed by atoms with Crippen LogP contribution in [0.4, 0.5) is 0 Å². The summed E-state index contributed by atoms with van der Waals surface area (Å²) in [4.78, 5) is 4.45. The Morgan fingerprint density at radius 2 is 1.85 bits per heavy atom. The Morgan fingerprint density at radius 1 is 1.15 bits per heavy atom. The standard InChI is InChI=1S/C14H16ClN3O.ClH/c15-11-7-3-2-6-10(11)12-17-13(19-18-12)14(16)8-4-1-5-9-14;/h2-3,6-7H,1,4-5,8-9,16H2;1H. The zero-order chi connectivity index (χ0) is 13.3. The molecule has 0 saturated heterocycles. The molecule has 6 heteroatoms. The summed E-state index contributed by atoms with van der Waals surface area (Å²) in [5, 5.41) is 4.63. The number of benzene rings is 1. The van der Waals surface area contributed by atoms with Crippen LogP contribution in [0.25, 0.3) is 11.4 Å². The summed E-state index contributed by atoms with van der Waals surface area (Å²) in [7, 11) is 0. The Balaban J connectivity index is 0.00000147. The van der Waals surface area contributed by atoms with E-state index in [9.17, 15) is 0 Å². The first-order valence-corrected chi connectivity index (χ1v) is 6.95. The number of nitrogens with two attached hydrogens (primary N) is 1. The molecule has 3 rings (SSSR count). The van der Waals surface area contributed by atoms with Crippen LogP contribution in [0.1, 0.15) is 38.0 Å². The van der Waals surface area contributed by atoms with Crippen molar-refractivity contribution >= 4 is 24.0 Å². The molecule has 1 heterocycles. The van der Waals surface area contributed by atoms with Gasteiger partial charge in [0.2, 0.25) is 11.7 Å². The van der Waals surface area contributed by atoms with Gasteiger partial charge in [-0.05, 0) is 25.0 Å². The number of halogens is 2. The lowest BCUT2D eigenvalue weighted by atomic mass is 9.82. The highest BCUT2D eigenvalue weighted by Crippen LogP contribution is 2.35. The predicted octanol–water partition coefficient (Wildman–Crippen LogP) is 3.93. The van der Waals surface area contributed by atoms with Gasteiger partial charge < -0.3 is 10.3 Å². The molecule has 0 bridgehead atoms. The second-order valence-electron chi connectivity index (χ2n) is 5.12. The molecule has 1 saturated carbocycles. The second-order valence-corrected chi connectivity index (χ2v) is 5.53. The van der Waals surface area contributed by atoms with E-state index in [4.69, 9.17) is 21.9 Å². The topological polar surface area (TPSA) is 64.9 Å². The van der Waals surface area contributed by atoms with E-state index in [-0.39, 0.29) is 12.4 Å².